The average molecular weight is 770 g/mol. The Kier molecular flexibility index (Phi) is 14.5. The maximum absolute atomic E-state index is 13.6. The highest BCUT2D eigenvalue weighted by atomic mass is 36.0. The van der Waals surface area contributed by atoms with Crippen LogP contribution < -0.4 is 19.2 Å². The Morgan fingerprint density at radius 2 is 1.11 bits per heavy atom. The summed E-state index contributed by atoms with van der Waals surface area (Å²) in [6, 6.07) is 37.1. The van der Waals surface area contributed by atoms with E-state index in [1.807, 2.05) is 6.07 Å². The molecular formula is C30H32Cl3F3N4O4P2S. The second-order valence-electron chi connectivity index (χ2n) is 9.78. The van der Waals surface area contributed by atoms with Crippen molar-refractivity contribution >= 4 is 73.6 Å². The number of hydrogen-bond acceptors (Lipinski definition) is 5. The second-order valence-corrected chi connectivity index (χ2v) is 20.7. The summed E-state index contributed by atoms with van der Waals surface area (Å²) < 4.78 is 89.0. The van der Waals surface area contributed by atoms with Gasteiger partial charge in [-0.3, -0.25) is 18.5 Å². The zero-order chi connectivity index (χ0) is 34.6. The van der Waals surface area contributed by atoms with Crippen LogP contribution in [0.15, 0.2) is 121 Å². The van der Waals surface area contributed by atoms with E-state index < -0.39 is 28.3 Å². The number of hydrogen-bond donors (Lipinski definition) is 2. The highest BCUT2D eigenvalue weighted by molar-refractivity contribution is 8.24. The van der Waals surface area contributed by atoms with Crippen LogP contribution >= 0.6 is 46.5 Å². The third kappa shape index (κ3) is 12.7. The number of halogens is 6. The van der Waals surface area contributed by atoms with Crippen LogP contribution in [-0.4, -0.2) is 33.6 Å². The fourth-order valence-corrected chi connectivity index (χ4v) is 8.72. The quantitative estimate of drug-likeness (QED) is 0.129. The van der Waals surface area contributed by atoms with Gasteiger partial charge in [0.05, 0.1) is 0 Å². The Morgan fingerprint density at radius 1 is 0.723 bits per heavy atom. The standard InChI is InChI=1S/C15H15F3N3O3PS.C15H17N.Cl3OP/c16-15(17,18)26(23,24)19-25(22)20(13-7-3-1-4-8-13)11-12-21(25)14-9-5-2-6-10-14;1-3-8-14(9-4-1)10-7-13-16-15-11-5-2-6-12-15;1-5(2,3)4/h1-10H,11-12H2,(H,19,22);1-6,8-9,11-12,16H,7,10,13H2;. The van der Waals surface area contributed by atoms with E-state index in [2.05, 4.69) is 93.6 Å². The predicted molar refractivity (Wildman–Crippen MR) is 188 cm³/mol. The Bertz CT molecular complexity index is 1630. The van der Waals surface area contributed by atoms with Crippen LogP contribution in [0.25, 0.3) is 0 Å². The van der Waals surface area contributed by atoms with Crippen molar-refractivity contribution in [3.8, 4) is 0 Å². The topological polar surface area (TPSA) is 98.8 Å². The molecule has 0 saturated carbocycles. The molecule has 1 fully saturated rings. The third-order valence-electron chi connectivity index (χ3n) is 6.42. The zero-order valence-electron chi connectivity index (χ0n) is 24.7. The van der Waals surface area contributed by atoms with E-state index >= 15 is 0 Å². The molecule has 0 spiro atoms. The monoisotopic (exact) mass is 768 g/mol. The van der Waals surface area contributed by atoms with Crippen LogP contribution in [0.1, 0.15) is 12.0 Å². The molecule has 1 saturated heterocycles. The smallest absolute Gasteiger partial charge is 0.385 e. The zero-order valence-corrected chi connectivity index (χ0v) is 29.6. The first-order valence-electron chi connectivity index (χ1n) is 14.0. The van der Waals surface area contributed by atoms with Gasteiger partial charge in [0.1, 0.15) is 0 Å². The molecule has 4 aromatic rings. The number of benzene rings is 4. The van der Waals surface area contributed by atoms with Gasteiger partial charge in [0.25, 0.3) is 0 Å². The van der Waals surface area contributed by atoms with Gasteiger partial charge in [0.15, 0.2) is 0 Å². The first-order chi connectivity index (χ1) is 22.1. The lowest BCUT2D eigenvalue weighted by molar-refractivity contribution is -0.0441. The summed E-state index contributed by atoms with van der Waals surface area (Å²) in [5, 5.41) is 0.193. The van der Waals surface area contributed by atoms with Crippen LogP contribution in [-0.2, 0) is 25.6 Å². The van der Waals surface area contributed by atoms with E-state index in [4.69, 9.17) is 0 Å². The molecule has 0 aromatic heterocycles. The van der Waals surface area contributed by atoms with Crippen LogP contribution in [0, 0.1) is 0 Å². The highest BCUT2D eigenvalue weighted by Gasteiger charge is 2.54. The van der Waals surface area contributed by atoms with Gasteiger partial charge in [-0.15, -0.1) is 4.49 Å². The van der Waals surface area contributed by atoms with Gasteiger partial charge in [-0.1, -0.05) is 84.9 Å². The lowest BCUT2D eigenvalue weighted by Crippen LogP contribution is -2.40. The number of alkyl halides is 3. The SMILES string of the molecule is O=P(Cl)(Cl)Cl.O=P1(NS(=O)(=O)C(F)(F)F)N(c2ccccc2)CCN1c1ccccc1.c1ccc(CCCNc2ccccc2)cc1. The number of para-hydroxylation sites is 3. The molecule has 2 N–H and O–H groups in total. The highest BCUT2D eigenvalue weighted by Crippen LogP contribution is 2.61. The first kappa shape index (κ1) is 38.8. The molecular weight excluding hydrogens is 738 g/mol. The van der Waals surface area contributed by atoms with Gasteiger partial charge in [0.2, 0.25) is 0 Å². The molecule has 0 aliphatic carbocycles. The Balaban J connectivity index is 0.000000242. The molecule has 254 valence electrons. The molecule has 5 rings (SSSR count). The summed E-state index contributed by atoms with van der Waals surface area (Å²) in [4.78, 5) is 0. The molecule has 4 aromatic carbocycles. The third-order valence-corrected chi connectivity index (χ3v) is 11.1. The maximum Gasteiger partial charge on any atom is 0.511 e. The summed E-state index contributed by atoms with van der Waals surface area (Å²) in [6.45, 7) is 1.21. The van der Waals surface area contributed by atoms with Crippen LogP contribution in [0.3, 0.4) is 0 Å². The van der Waals surface area contributed by atoms with Gasteiger partial charge < -0.3 is 5.32 Å². The van der Waals surface area contributed by atoms with Crippen LogP contribution in [0.5, 0.6) is 0 Å². The number of aryl methyl sites for hydroxylation is 1. The van der Waals surface area contributed by atoms with E-state index in [0.717, 1.165) is 13.0 Å². The van der Waals surface area contributed by atoms with Gasteiger partial charge in [-0.05, 0) is 88.5 Å². The van der Waals surface area contributed by atoms with E-state index in [1.54, 1.807) is 60.7 Å². The minimum atomic E-state index is -5.82. The summed E-state index contributed by atoms with van der Waals surface area (Å²) >= 11 is 13.8. The summed E-state index contributed by atoms with van der Waals surface area (Å²) in [5.74, 6) is 0. The fraction of sp³-hybridized carbons (Fsp3) is 0.200. The largest absolute Gasteiger partial charge is 0.511 e. The van der Waals surface area contributed by atoms with Crippen molar-refractivity contribution in [2.75, 3.05) is 34.3 Å². The van der Waals surface area contributed by atoms with Crippen molar-refractivity contribution in [3.05, 3.63) is 127 Å². The first-order valence-corrected chi connectivity index (χ1v) is 21.5. The second kappa shape index (κ2) is 17.6. The number of nitrogens with zero attached hydrogens (tertiary/aromatic N) is 2. The van der Waals surface area contributed by atoms with E-state index in [1.165, 1.54) is 31.5 Å². The number of sulfonamides is 1. The molecule has 0 amide bonds. The molecule has 0 unspecified atom stereocenters. The van der Waals surface area contributed by atoms with Crippen LogP contribution in [0.4, 0.5) is 30.2 Å². The van der Waals surface area contributed by atoms with Gasteiger partial charge in [-0.2, -0.15) is 13.2 Å². The van der Waals surface area contributed by atoms with Crippen molar-refractivity contribution in [3.63, 3.8) is 0 Å². The Morgan fingerprint density at radius 3 is 1.51 bits per heavy atom. The van der Waals surface area contributed by atoms with Gasteiger partial charge >= 0.3 is 28.3 Å². The lowest BCUT2D eigenvalue weighted by Gasteiger charge is -2.32. The number of rotatable bonds is 9. The summed E-state index contributed by atoms with van der Waals surface area (Å²) in [7, 11) is -10.2. The molecule has 0 bridgehead atoms. The van der Waals surface area contributed by atoms with Gasteiger partial charge in [-0.25, -0.2) is 8.42 Å². The minimum Gasteiger partial charge on any atom is -0.385 e. The van der Waals surface area contributed by atoms with Crippen molar-refractivity contribution in [2.45, 2.75) is 18.3 Å². The molecule has 0 atom stereocenters. The molecule has 1 heterocycles. The molecule has 47 heavy (non-hydrogen) atoms. The maximum atomic E-state index is 13.6. The van der Waals surface area contributed by atoms with Crippen LogP contribution in [0.2, 0.25) is 0 Å². The molecule has 8 nitrogen and oxygen atoms in total. The van der Waals surface area contributed by atoms with Crippen molar-refractivity contribution in [1.29, 1.82) is 0 Å². The van der Waals surface area contributed by atoms with Crippen molar-refractivity contribution in [1.82, 2.24) is 4.49 Å². The summed E-state index contributed by atoms with van der Waals surface area (Å²) in [5.41, 5.74) is -2.23. The molecule has 1 aliphatic rings. The molecule has 17 heteroatoms. The van der Waals surface area contributed by atoms with Gasteiger partial charge in [0, 0.05) is 36.7 Å². The Labute approximate surface area is 287 Å². The predicted octanol–water partition coefficient (Wildman–Crippen LogP) is 10.1. The van der Waals surface area contributed by atoms with E-state index in [9.17, 15) is 30.7 Å². The fourth-order valence-electron chi connectivity index (χ4n) is 4.40. The van der Waals surface area contributed by atoms with Crippen molar-refractivity contribution < 1.29 is 30.7 Å². The van der Waals surface area contributed by atoms with Crippen molar-refractivity contribution in [2.24, 2.45) is 0 Å². The molecule has 1 aliphatic heterocycles. The van der Waals surface area contributed by atoms with E-state index in [0.29, 0.717) is 11.4 Å². The van der Waals surface area contributed by atoms with E-state index in [-0.39, 0.29) is 13.1 Å². The number of nitrogens with one attached hydrogen (secondary N) is 2. The average Bonchev–Trinajstić information content (AvgIpc) is 3.35. The normalized spacial score (nSPS) is 14.3. The minimum absolute atomic E-state index is 0.0938. The number of anilines is 3. The Hall–Kier alpha value is -2.69. The summed E-state index contributed by atoms with van der Waals surface area (Å²) in [6.07, 6.45) is 2.31. The lowest BCUT2D eigenvalue weighted by atomic mass is 10.1. The molecule has 0 radical (unpaired) electrons.